The molecule has 3 N–H and O–H groups in total. The van der Waals surface area contributed by atoms with Gasteiger partial charge in [-0.3, -0.25) is 14.9 Å². The molecule has 0 spiro atoms. The molecule has 1 amide bonds. The predicted octanol–water partition coefficient (Wildman–Crippen LogP) is 2.53. The van der Waals surface area contributed by atoms with Gasteiger partial charge in [0.05, 0.1) is 22.7 Å². The largest absolute Gasteiger partial charge is 0.382 e. The molecule has 9 heteroatoms. The molecule has 0 aliphatic carbocycles. The maximum atomic E-state index is 12.1. The van der Waals surface area contributed by atoms with E-state index in [1.165, 1.54) is 12.1 Å². The molecular formula is C21H20N6O3. The van der Waals surface area contributed by atoms with Gasteiger partial charge in [-0.2, -0.15) is 10.4 Å². The van der Waals surface area contributed by atoms with Crippen molar-refractivity contribution in [1.29, 1.82) is 5.26 Å². The molecular weight excluding hydrogens is 384 g/mol. The van der Waals surface area contributed by atoms with E-state index in [-0.39, 0.29) is 18.0 Å². The van der Waals surface area contributed by atoms with Crippen LogP contribution in [0.15, 0.2) is 54.6 Å². The molecule has 0 radical (unpaired) electrons. The van der Waals surface area contributed by atoms with Crippen LogP contribution in [0.1, 0.15) is 23.2 Å². The number of aromatic nitrogens is 2. The highest BCUT2D eigenvalue weighted by Crippen LogP contribution is 2.21. The molecule has 0 saturated heterocycles. The minimum Gasteiger partial charge on any atom is -0.382 e. The van der Waals surface area contributed by atoms with Crippen molar-refractivity contribution in [3.05, 3.63) is 81.5 Å². The molecule has 0 atom stereocenters. The number of nitrogens with zero attached hydrogens (tertiary/aromatic N) is 4. The number of non-ortho nitro benzene ring substituents is 1. The van der Waals surface area contributed by atoms with Crippen molar-refractivity contribution in [2.24, 2.45) is 0 Å². The Bertz CT molecular complexity index is 1080. The van der Waals surface area contributed by atoms with Crippen LogP contribution in [0.2, 0.25) is 0 Å². The minimum atomic E-state index is -0.481. The van der Waals surface area contributed by atoms with Crippen molar-refractivity contribution in [2.75, 3.05) is 12.3 Å². The summed E-state index contributed by atoms with van der Waals surface area (Å²) in [5, 5.41) is 27.4. The number of aryl methyl sites for hydroxylation is 1. The standard InChI is InChI=1S/C21H20N6O3/c22-14-18-19(25-26(21(18)23)16-5-2-1-3-6-16)7-4-12-24-20(28)13-15-8-10-17(11-9-15)27(29)30/h1-3,5-6,8-11H,4,7,12-13,23H2,(H,24,28). The van der Waals surface area contributed by atoms with Gasteiger partial charge >= 0.3 is 0 Å². The van der Waals surface area contributed by atoms with Crippen LogP contribution >= 0.6 is 0 Å². The maximum Gasteiger partial charge on any atom is 0.269 e. The molecule has 0 saturated carbocycles. The quantitative estimate of drug-likeness (QED) is 0.336. The fourth-order valence-electron chi connectivity index (χ4n) is 3.01. The van der Waals surface area contributed by atoms with E-state index in [2.05, 4.69) is 16.5 Å². The molecule has 30 heavy (non-hydrogen) atoms. The Morgan fingerprint density at radius 1 is 1.20 bits per heavy atom. The van der Waals surface area contributed by atoms with Crippen molar-refractivity contribution in [3.8, 4) is 11.8 Å². The number of nitro benzene ring substituents is 1. The summed E-state index contributed by atoms with van der Waals surface area (Å²) in [4.78, 5) is 22.3. The predicted molar refractivity (Wildman–Crippen MR) is 111 cm³/mol. The molecule has 0 aliphatic heterocycles. The van der Waals surface area contributed by atoms with Crippen molar-refractivity contribution in [2.45, 2.75) is 19.3 Å². The zero-order valence-corrected chi connectivity index (χ0v) is 16.1. The molecule has 0 bridgehead atoms. The Morgan fingerprint density at radius 3 is 2.53 bits per heavy atom. The Labute approximate surface area is 172 Å². The summed E-state index contributed by atoms with van der Waals surface area (Å²) < 4.78 is 1.54. The van der Waals surface area contributed by atoms with E-state index in [0.717, 1.165) is 5.69 Å². The first-order valence-electron chi connectivity index (χ1n) is 9.32. The Balaban J connectivity index is 1.53. The van der Waals surface area contributed by atoms with Gasteiger partial charge in [0, 0.05) is 18.7 Å². The third-order valence-electron chi connectivity index (χ3n) is 4.53. The number of hydrogen-bond donors (Lipinski definition) is 2. The van der Waals surface area contributed by atoms with E-state index in [1.54, 1.807) is 16.8 Å². The van der Waals surface area contributed by atoms with E-state index in [0.29, 0.717) is 42.0 Å². The molecule has 1 aromatic heterocycles. The van der Waals surface area contributed by atoms with E-state index < -0.39 is 4.92 Å². The van der Waals surface area contributed by atoms with Crippen molar-refractivity contribution >= 4 is 17.4 Å². The number of nitrogens with one attached hydrogen (secondary N) is 1. The molecule has 1 heterocycles. The summed E-state index contributed by atoms with van der Waals surface area (Å²) in [6.07, 6.45) is 1.22. The zero-order valence-electron chi connectivity index (χ0n) is 16.1. The van der Waals surface area contributed by atoms with Crippen LogP contribution in [-0.4, -0.2) is 27.2 Å². The van der Waals surface area contributed by atoms with Gasteiger partial charge in [-0.25, -0.2) is 4.68 Å². The third kappa shape index (κ3) is 4.80. The van der Waals surface area contributed by atoms with Crippen LogP contribution in [0.3, 0.4) is 0 Å². The highest BCUT2D eigenvalue weighted by Gasteiger charge is 2.16. The lowest BCUT2D eigenvalue weighted by atomic mass is 10.1. The van der Waals surface area contributed by atoms with Gasteiger partial charge in [0.1, 0.15) is 17.5 Å². The molecule has 9 nitrogen and oxygen atoms in total. The SMILES string of the molecule is N#Cc1c(CCCNC(=O)Cc2ccc([N+](=O)[O-])cc2)nn(-c2ccccc2)c1N. The summed E-state index contributed by atoms with van der Waals surface area (Å²) in [6.45, 7) is 0.411. The summed E-state index contributed by atoms with van der Waals surface area (Å²) in [6, 6.07) is 17.3. The third-order valence-corrected chi connectivity index (χ3v) is 4.53. The first kappa shape index (κ1) is 20.5. The number of carbonyl (C=O) groups is 1. The number of hydrogen-bond acceptors (Lipinski definition) is 6. The van der Waals surface area contributed by atoms with Crippen LogP contribution in [0.5, 0.6) is 0 Å². The topological polar surface area (TPSA) is 140 Å². The molecule has 3 aromatic rings. The van der Waals surface area contributed by atoms with Crippen LogP contribution in [0.25, 0.3) is 5.69 Å². The molecule has 3 rings (SSSR count). The average Bonchev–Trinajstić information content (AvgIpc) is 3.07. The van der Waals surface area contributed by atoms with E-state index in [1.807, 2.05) is 30.3 Å². The van der Waals surface area contributed by atoms with Gasteiger partial charge in [0.2, 0.25) is 5.91 Å². The Hall–Kier alpha value is -4.19. The minimum absolute atomic E-state index is 0.0123. The second-order valence-corrected chi connectivity index (χ2v) is 6.62. The number of para-hydroxylation sites is 1. The highest BCUT2D eigenvalue weighted by molar-refractivity contribution is 5.78. The number of carbonyl (C=O) groups excluding carboxylic acids is 1. The normalized spacial score (nSPS) is 10.4. The molecule has 0 aliphatic rings. The second kappa shape index (κ2) is 9.34. The average molecular weight is 404 g/mol. The lowest BCUT2D eigenvalue weighted by molar-refractivity contribution is -0.384. The van der Waals surface area contributed by atoms with E-state index in [9.17, 15) is 20.2 Å². The van der Waals surface area contributed by atoms with Crippen LogP contribution in [-0.2, 0) is 17.6 Å². The molecule has 0 unspecified atom stereocenters. The fraction of sp³-hybridized carbons (Fsp3) is 0.190. The van der Waals surface area contributed by atoms with E-state index >= 15 is 0 Å². The molecule has 2 aromatic carbocycles. The summed E-state index contributed by atoms with van der Waals surface area (Å²) in [5.74, 6) is 0.111. The number of amides is 1. The molecule has 0 fully saturated rings. The number of rotatable bonds is 8. The number of anilines is 1. The lowest BCUT2D eigenvalue weighted by Gasteiger charge is -2.05. The zero-order chi connectivity index (χ0) is 21.5. The van der Waals surface area contributed by atoms with Gasteiger partial charge in [-0.1, -0.05) is 30.3 Å². The van der Waals surface area contributed by atoms with Gasteiger partial charge in [0.25, 0.3) is 5.69 Å². The van der Waals surface area contributed by atoms with Gasteiger partial charge in [-0.15, -0.1) is 0 Å². The monoisotopic (exact) mass is 404 g/mol. The highest BCUT2D eigenvalue weighted by atomic mass is 16.6. The van der Waals surface area contributed by atoms with Crippen molar-refractivity contribution in [1.82, 2.24) is 15.1 Å². The first-order chi connectivity index (χ1) is 14.5. The Kier molecular flexibility index (Phi) is 6.39. The van der Waals surface area contributed by atoms with Gasteiger partial charge in [0.15, 0.2) is 0 Å². The number of benzene rings is 2. The van der Waals surface area contributed by atoms with Gasteiger partial charge < -0.3 is 11.1 Å². The molecule has 152 valence electrons. The maximum absolute atomic E-state index is 12.1. The summed E-state index contributed by atoms with van der Waals surface area (Å²) in [5.41, 5.74) is 8.46. The van der Waals surface area contributed by atoms with E-state index in [4.69, 9.17) is 5.73 Å². The Morgan fingerprint density at radius 2 is 1.90 bits per heavy atom. The van der Waals surface area contributed by atoms with Crippen molar-refractivity contribution in [3.63, 3.8) is 0 Å². The lowest BCUT2D eigenvalue weighted by Crippen LogP contribution is -2.26. The smallest absolute Gasteiger partial charge is 0.269 e. The first-order valence-corrected chi connectivity index (χ1v) is 9.32. The van der Waals surface area contributed by atoms with Crippen LogP contribution < -0.4 is 11.1 Å². The second-order valence-electron chi connectivity index (χ2n) is 6.62. The number of nitrogens with two attached hydrogens (primary N) is 1. The number of nitriles is 1. The number of nitro groups is 1. The van der Waals surface area contributed by atoms with Crippen LogP contribution in [0.4, 0.5) is 11.5 Å². The summed E-state index contributed by atoms with van der Waals surface area (Å²) >= 11 is 0. The van der Waals surface area contributed by atoms with Gasteiger partial charge in [-0.05, 0) is 30.5 Å². The fourth-order valence-corrected chi connectivity index (χ4v) is 3.01. The van der Waals surface area contributed by atoms with Crippen LogP contribution in [0, 0.1) is 21.4 Å². The van der Waals surface area contributed by atoms with Crippen molar-refractivity contribution < 1.29 is 9.72 Å². The summed E-state index contributed by atoms with van der Waals surface area (Å²) in [7, 11) is 0. The number of nitrogen functional groups attached to an aromatic ring is 1.